The molecule has 0 fully saturated rings. The molecule has 0 aliphatic carbocycles. The minimum absolute atomic E-state index is 0.00563. The van der Waals surface area contributed by atoms with Gasteiger partial charge in [-0.25, -0.2) is 13.2 Å². The van der Waals surface area contributed by atoms with Crippen LogP contribution in [0.25, 0.3) is 0 Å². The van der Waals surface area contributed by atoms with Gasteiger partial charge in [0.1, 0.15) is 12.4 Å². The highest BCUT2D eigenvalue weighted by atomic mass is 32.2. The highest BCUT2D eigenvalue weighted by Gasteiger charge is 2.22. The van der Waals surface area contributed by atoms with Gasteiger partial charge in [0.05, 0.1) is 16.1 Å². The molecule has 9 heteroatoms. The van der Waals surface area contributed by atoms with Crippen LogP contribution in [-0.2, 0) is 21.4 Å². The maximum absolute atomic E-state index is 12.8. The van der Waals surface area contributed by atoms with Crippen LogP contribution in [0.15, 0.2) is 83.8 Å². The molecule has 3 aromatic carbocycles. The summed E-state index contributed by atoms with van der Waals surface area (Å²) >= 11 is 0. The second-order valence-corrected chi connectivity index (χ2v) is 8.36. The summed E-state index contributed by atoms with van der Waals surface area (Å²) in [5.74, 6) is -0.817. The summed E-state index contributed by atoms with van der Waals surface area (Å²) < 4.78 is 61.2. The molecule has 0 amide bonds. The summed E-state index contributed by atoms with van der Waals surface area (Å²) in [6, 6.07) is 19.8. The zero-order valence-electron chi connectivity index (χ0n) is 16.4. The predicted octanol–water partition coefficient (Wildman–Crippen LogP) is 4.47. The van der Waals surface area contributed by atoms with E-state index in [-0.39, 0.29) is 28.4 Å². The van der Waals surface area contributed by atoms with Crippen molar-refractivity contribution in [1.29, 1.82) is 0 Å². The van der Waals surface area contributed by atoms with Gasteiger partial charge in [-0.2, -0.15) is 8.78 Å². The summed E-state index contributed by atoms with van der Waals surface area (Å²) in [6.45, 7) is -3.28. The van der Waals surface area contributed by atoms with E-state index >= 15 is 0 Å². The van der Waals surface area contributed by atoms with Crippen LogP contribution < -0.4 is 9.04 Å². The van der Waals surface area contributed by atoms with E-state index in [4.69, 9.17) is 4.74 Å². The van der Waals surface area contributed by atoms with Crippen molar-refractivity contribution in [1.82, 2.24) is 0 Å². The number of nitrogens with zero attached hydrogens (tertiary/aromatic N) is 1. The van der Waals surface area contributed by atoms with Gasteiger partial charge in [-0.3, -0.25) is 4.31 Å². The van der Waals surface area contributed by atoms with Crippen LogP contribution in [-0.4, -0.2) is 28.0 Å². The molecule has 0 unspecified atom stereocenters. The fourth-order valence-corrected chi connectivity index (χ4v) is 3.95. The van der Waals surface area contributed by atoms with Gasteiger partial charge < -0.3 is 9.47 Å². The molecule has 0 spiro atoms. The van der Waals surface area contributed by atoms with Gasteiger partial charge in [0.15, 0.2) is 0 Å². The van der Waals surface area contributed by atoms with Gasteiger partial charge in [-0.15, -0.1) is 0 Å². The van der Waals surface area contributed by atoms with E-state index in [0.29, 0.717) is 5.69 Å². The lowest BCUT2D eigenvalue weighted by molar-refractivity contribution is -0.0510. The molecule has 6 nitrogen and oxygen atoms in total. The number of alkyl halides is 2. The average molecular weight is 447 g/mol. The number of rotatable bonds is 8. The topological polar surface area (TPSA) is 72.9 Å². The lowest BCUT2D eigenvalue weighted by Gasteiger charge is -2.19. The summed E-state index contributed by atoms with van der Waals surface area (Å²) in [7, 11) is -2.38. The van der Waals surface area contributed by atoms with E-state index in [1.807, 2.05) is 0 Å². The molecular formula is C22H19F2NO5S. The number of ether oxygens (including phenoxy) is 2. The Balaban J connectivity index is 1.70. The monoisotopic (exact) mass is 447 g/mol. The molecule has 0 aliphatic rings. The van der Waals surface area contributed by atoms with Gasteiger partial charge in [-0.05, 0) is 42.5 Å². The number of anilines is 1. The molecule has 0 aliphatic heterocycles. The zero-order chi connectivity index (χ0) is 22.4. The first kappa shape index (κ1) is 22.2. The van der Waals surface area contributed by atoms with E-state index in [1.54, 1.807) is 36.4 Å². The second-order valence-electron chi connectivity index (χ2n) is 6.39. The van der Waals surface area contributed by atoms with Crippen LogP contribution in [0.2, 0.25) is 0 Å². The Morgan fingerprint density at radius 1 is 0.935 bits per heavy atom. The summed E-state index contributed by atoms with van der Waals surface area (Å²) in [4.78, 5) is 12.3. The third kappa shape index (κ3) is 5.37. The average Bonchev–Trinajstić information content (AvgIpc) is 2.78. The predicted molar refractivity (Wildman–Crippen MR) is 111 cm³/mol. The molecule has 0 atom stereocenters. The number of hydrogen-bond donors (Lipinski definition) is 0. The molecule has 0 saturated carbocycles. The maximum atomic E-state index is 12.8. The minimum atomic E-state index is -3.81. The Morgan fingerprint density at radius 2 is 1.55 bits per heavy atom. The third-order valence-electron chi connectivity index (χ3n) is 4.42. The van der Waals surface area contributed by atoms with Crippen molar-refractivity contribution in [3.8, 4) is 5.75 Å². The molecule has 0 aromatic heterocycles. The number of sulfonamides is 1. The van der Waals surface area contributed by atoms with Gasteiger partial charge in [-0.1, -0.05) is 36.4 Å². The number of hydrogen-bond acceptors (Lipinski definition) is 5. The summed E-state index contributed by atoms with van der Waals surface area (Å²) in [6.07, 6.45) is 0. The number of carbonyl (C=O) groups excluding carboxylic acids is 1. The molecule has 3 aromatic rings. The number of halogens is 2. The molecule has 162 valence electrons. The van der Waals surface area contributed by atoms with E-state index in [0.717, 1.165) is 4.31 Å². The largest absolute Gasteiger partial charge is 0.457 e. The normalized spacial score (nSPS) is 11.2. The Morgan fingerprint density at radius 3 is 2.19 bits per heavy atom. The fourth-order valence-electron chi connectivity index (χ4n) is 2.76. The molecule has 31 heavy (non-hydrogen) atoms. The van der Waals surface area contributed by atoms with Crippen molar-refractivity contribution in [2.24, 2.45) is 0 Å². The Bertz CT molecular complexity index is 1140. The maximum Gasteiger partial charge on any atom is 0.387 e. The Hall–Kier alpha value is -3.46. The van der Waals surface area contributed by atoms with E-state index in [1.165, 1.54) is 49.5 Å². The fraction of sp³-hybridized carbons (Fsp3) is 0.136. The molecule has 3 rings (SSSR count). The second kappa shape index (κ2) is 9.57. The molecule has 0 radical (unpaired) electrons. The van der Waals surface area contributed by atoms with Crippen molar-refractivity contribution < 1.29 is 31.5 Å². The van der Waals surface area contributed by atoms with Gasteiger partial charge in [0, 0.05) is 12.6 Å². The minimum Gasteiger partial charge on any atom is -0.457 e. The van der Waals surface area contributed by atoms with Gasteiger partial charge >= 0.3 is 12.6 Å². The van der Waals surface area contributed by atoms with Crippen LogP contribution in [0, 0.1) is 0 Å². The standard InChI is InChI=1S/C22H19F2NO5S/c1-25(18-8-3-2-4-9-18)31(27,28)19-13-11-16(12-14-19)21(26)29-15-17-7-5-6-10-20(17)30-22(23)24/h2-14,22H,15H2,1H3. The third-order valence-corrected chi connectivity index (χ3v) is 6.22. The van der Waals surface area contributed by atoms with Crippen LogP contribution in [0.5, 0.6) is 5.75 Å². The van der Waals surface area contributed by atoms with Crippen molar-refractivity contribution in [3.63, 3.8) is 0 Å². The quantitative estimate of drug-likeness (QED) is 0.477. The van der Waals surface area contributed by atoms with Crippen LogP contribution in [0.3, 0.4) is 0 Å². The first-order valence-electron chi connectivity index (χ1n) is 9.13. The summed E-state index contributed by atoms with van der Waals surface area (Å²) in [5.41, 5.74) is 0.893. The highest BCUT2D eigenvalue weighted by Crippen LogP contribution is 2.23. The van der Waals surface area contributed by atoms with Crippen LogP contribution in [0.4, 0.5) is 14.5 Å². The number of benzene rings is 3. The van der Waals surface area contributed by atoms with Crippen LogP contribution in [0.1, 0.15) is 15.9 Å². The van der Waals surface area contributed by atoms with Crippen molar-refractivity contribution in [3.05, 3.63) is 90.0 Å². The molecule has 0 heterocycles. The smallest absolute Gasteiger partial charge is 0.387 e. The van der Waals surface area contributed by atoms with E-state index in [2.05, 4.69) is 4.74 Å². The van der Waals surface area contributed by atoms with E-state index < -0.39 is 22.6 Å². The molecule has 0 saturated heterocycles. The lowest BCUT2D eigenvalue weighted by atomic mass is 10.2. The van der Waals surface area contributed by atoms with Gasteiger partial charge in [0.2, 0.25) is 0 Å². The van der Waals surface area contributed by atoms with Crippen LogP contribution >= 0.6 is 0 Å². The highest BCUT2D eigenvalue weighted by molar-refractivity contribution is 7.92. The Kier molecular flexibility index (Phi) is 6.86. The Labute approximate surface area is 178 Å². The van der Waals surface area contributed by atoms with Crippen molar-refractivity contribution >= 4 is 21.7 Å². The van der Waals surface area contributed by atoms with E-state index in [9.17, 15) is 22.0 Å². The zero-order valence-corrected chi connectivity index (χ0v) is 17.3. The molecular weight excluding hydrogens is 428 g/mol. The molecule has 0 N–H and O–H groups in total. The first-order valence-corrected chi connectivity index (χ1v) is 10.6. The number of carbonyl (C=O) groups is 1. The summed E-state index contributed by atoms with van der Waals surface area (Å²) in [5, 5.41) is 0. The first-order chi connectivity index (χ1) is 14.8. The molecule has 0 bridgehead atoms. The lowest BCUT2D eigenvalue weighted by Crippen LogP contribution is -2.26. The SMILES string of the molecule is CN(c1ccccc1)S(=O)(=O)c1ccc(C(=O)OCc2ccccc2OC(F)F)cc1. The van der Waals surface area contributed by atoms with Crippen molar-refractivity contribution in [2.75, 3.05) is 11.4 Å². The van der Waals surface area contributed by atoms with Crippen molar-refractivity contribution in [2.45, 2.75) is 18.1 Å². The number of para-hydroxylation sites is 2. The van der Waals surface area contributed by atoms with Gasteiger partial charge in [0.25, 0.3) is 10.0 Å². The number of esters is 1.